The standard InChI is InChI=1S/C14H13NO5/c16-13(17)9-1-2-12-10(7-9)8-11(14(18)20-12)15-3-5-19-6-4-15/h1-2,7-8H,3-6H2,(H,16,17). The zero-order valence-electron chi connectivity index (χ0n) is 10.7. The summed E-state index contributed by atoms with van der Waals surface area (Å²) in [5.74, 6) is -1.01. The molecule has 1 N–H and O–H groups in total. The lowest BCUT2D eigenvalue weighted by Crippen LogP contribution is -2.38. The number of morpholine rings is 1. The van der Waals surface area contributed by atoms with Crippen LogP contribution in [0.4, 0.5) is 5.69 Å². The Hall–Kier alpha value is -2.34. The van der Waals surface area contributed by atoms with Crippen LogP contribution in [0.15, 0.2) is 33.5 Å². The predicted octanol–water partition coefficient (Wildman–Crippen LogP) is 1.33. The van der Waals surface area contributed by atoms with E-state index in [1.807, 2.05) is 4.90 Å². The van der Waals surface area contributed by atoms with Crippen LogP contribution in [0.5, 0.6) is 0 Å². The molecule has 104 valence electrons. The smallest absolute Gasteiger partial charge is 0.360 e. The molecule has 6 heteroatoms. The van der Waals surface area contributed by atoms with Gasteiger partial charge in [0.25, 0.3) is 0 Å². The van der Waals surface area contributed by atoms with Crippen molar-refractivity contribution in [3.63, 3.8) is 0 Å². The molecule has 0 radical (unpaired) electrons. The molecule has 0 bridgehead atoms. The number of nitrogens with zero attached hydrogens (tertiary/aromatic N) is 1. The van der Waals surface area contributed by atoms with Crippen LogP contribution >= 0.6 is 0 Å². The second-order valence-corrected chi connectivity index (χ2v) is 4.58. The van der Waals surface area contributed by atoms with E-state index >= 15 is 0 Å². The fraction of sp³-hybridized carbons (Fsp3) is 0.286. The maximum Gasteiger partial charge on any atom is 0.360 e. The minimum atomic E-state index is -1.01. The second-order valence-electron chi connectivity index (χ2n) is 4.58. The number of anilines is 1. The predicted molar refractivity (Wildman–Crippen MR) is 72.5 cm³/mol. The zero-order valence-corrected chi connectivity index (χ0v) is 10.7. The zero-order chi connectivity index (χ0) is 14.1. The molecule has 20 heavy (non-hydrogen) atoms. The van der Waals surface area contributed by atoms with Gasteiger partial charge in [0.15, 0.2) is 0 Å². The second kappa shape index (κ2) is 4.97. The Balaban J connectivity index is 2.10. The number of benzene rings is 1. The van der Waals surface area contributed by atoms with Gasteiger partial charge in [-0.25, -0.2) is 9.59 Å². The van der Waals surface area contributed by atoms with E-state index in [9.17, 15) is 9.59 Å². The van der Waals surface area contributed by atoms with Crippen LogP contribution < -0.4 is 10.5 Å². The van der Waals surface area contributed by atoms with Gasteiger partial charge in [0.2, 0.25) is 0 Å². The van der Waals surface area contributed by atoms with Gasteiger partial charge in [0, 0.05) is 18.5 Å². The molecule has 0 spiro atoms. The Labute approximate surface area is 114 Å². The van der Waals surface area contributed by atoms with Crippen molar-refractivity contribution in [1.82, 2.24) is 0 Å². The minimum Gasteiger partial charge on any atom is -0.478 e. The Morgan fingerprint density at radius 3 is 2.65 bits per heavy atom. The van der Waals surface area contributed by atoms with Crippen LogP contribution in [0.3, 0.4) is 0 Å². The van der Waals surface area contributed by atoms with Crippen LogP contribution in [0.25, 0.3) is 11.0 Å². The third-order valence-electron chi connectivity index (χ3n) is 3.31. The first-order chi connectivity index (χ1) is 9.65. The summed E-state index contributed by atoms with van der Waals surface area (Å²) in [4.78, 5) is 24.9. The summed E-state index contributed by atoms with van der Waals surface area (Å²) in [5, 5.41) is 9.60. The fourth-order valence-corrected chi connectivity index (χ4v) is 2.27. The molecule has 1 aromatic heterocycles. The molecule has 0 unspecified atom stereocenters. The molecule has 2 heterocycles. The van der Waals surface area contributed by atoms with Gasteiger partial charge in [-0.1, -0.05) is 0 Å². The SMILES string of the molecule is O=C(O)c1ccc2oc(=O)c(N3CCOCC3)cc2c1. The van der Waals surface area contributed by atoms with E-state index in [-0.39, 0.29) is 5.56 Å². The first-order valence-electron chi connectivity index (χ1n) is 6.29. The first kappa shape index (κ1) is 12.7. The quantitative estimate of drug-likeness (QED) is 0.833. The average molecular weight is 275 g/mol. The largest absolute Gasteiger partial charge is 0.478 e. The highest BCUT2D eigenvalue weighted by atomic mass is 16.5. The molecule has 0 aliphatic carbocycles. The summed E-state index contributed by atoms with van der Waals surface area (Å²) in [7, 11) is 0. The van der Waals surface area contributed by atoms with Gasteiger partial charge in [-0.2, -0.15) is 0 Å². The number of fused-ring (bicyclic) bond motifs is 1. The number of ether oxygens (including phenoxy) is 1. The molecule has 1 saturated heterocycles. The van der Waals surface area contributed by atoms with Crippen molar-refractivity contribution in [1.29, 1.82) is 0 Å². The van der Waals surface area contributed by atoms with E-state index in [0.29, 0.717) is 43.0 Å². The number of hydrogen-bond acceptors (Lipinski definition) is 5. The van der Waals surface area contributed by atoms with Crippen molar-refractivity contribution in [2.45, 2.75) is 0 Å². The van der Waals surface area contributed by atoms with E-state index in [1.54, 1.807) is 6.07 Å². The first-order valence-corrected chi connectivity index (χ1v) is 6.29. The van der Waals surface area contributed by atoms with Gasteiger partial charge in [-0.05, 0) is 24.3 Å². The number of aromatic carboxylic acids is 1. The van der Waals surface area contributed by atoms with Crippen molar-refractivity contribution in [2.75, 3.05) is 31.2 Å². The van der Waals surface area contributed by atoms with Crippen LogP contribution in [-0.4, -0.2) is 37.4 Å². The third-order valence-corrected chi connectivity index (χ3v) is 3.31. The number of carbonyl (C=O) groups is 1. The van der Waals surface area contributed by atoms with Gasteiger partial charge >= 0.3 is 11.6 Å². The molecule has 6 nitrogen and oxygen atoms in total. The summed E-state index contributed by atoms with van der Waals surface area (Å²) in [6.45, 7) is 2.36. The Morgan fingerprint density at radius 2 is 1.95 bits per heavy atom. The van der Waals surface area contributed by atoms with Crippen molar-refractivity contribution in [2.24, 2.45) is 0 Å². The van der Waals surface area contributed by atoms with Gasteiger partial charge in [-0.15, -0.1) is 0 Å². The van der Waals surface area contributed by atoms with Crippen LogP contribution in [0.1, 0.15) is 10.4 Å². The average Bonchev–Trinajstić information content (AvgIpc) is 2.47. The van der Waals surface area contributed by atoms with Crippen LogP contribution in [-0.2, 0) is 4.74 Å². The molecule has 0 atom stereocenters. The van der Waals surface area contributed by atoms with Gasteiger partial charge in [0.05, 0.1) is 18.8 Å². The van der Waals surface area contributed by atoms with Crippen molar-refractivity contribution in [3.8, 4) is 0 Å². The highest BCUT2D eigenvalue weighted by Crippen LogP contribution is 2.20. The lowest BCUT2D eigenvalue weighted by molar-refractivity contribution is 0.0697. The maximum atomic E-state index is 12.0. The molecule has 3 rings (SSSR count). The van der Waals surface area contributed by atoms with E-state index in [2.05, 4.69) is 0 Å². The Kier molecular flexibility index (Phi) is 3.15. The lowest BCUT2D eigenvalue weighted by atomic mass is 10.1. The minimum absolute atomic E-state index is 0.166. The van der Waals surface area contributed by atoms with E-state index in [0.717, 1.165) is 0 Å². The van der Waals surface area contributed by atoms with Gasteiger partial charge in [-0.3, -0.25) is 0 Å². The maximum absolute atomic E-state index is 12.0. The molecule has 1 aliphatic rings. The van der Waals surface area contributed by atoms with E-state index in [1.165, 1.54) is 18.2 Å². The highest BCUT2D eigenvalue weighted by Gasteiger charge is 2.16. The van der Waals surface area contributed by atoms with Gasteiger partial charge < -0.3 is 19.2 Å². The lowest BCUT2D eigenvalue weighted by Gasteiger charge is -2.27. The molecule has 1 aliphatic heterocycles. The van der Waals surface area contributed by atoms with Crippen LogP contribution in [0.2, 0.25) is 0 Å². The van der Waals surface area contributed by atoms with Crippen molar-refractivity contribution >= 4 is 22.6 Å². The molecule has 2 aromatic rings. The molecular formula is C14H13NO5. The summed E-state index contributed by atoms with van der Waals surface area (Å²) < 4.78 is 10.5. The molecule has 0 saturated carbocycles. The van der Waals surface area contributed by atoms with Crippen molar-refractivity contribution in [3.05, 3.63) is 40.2 Å². The molecule has 0 amide bonds. The normalized spacial score (nSPS) is 15.5. The van der Waals surface area contributed by atoms with Crippen LogP contribution in [0, 0.1) is 0 Å². The molecular weight excluding hydrogens is 262 g/mol. The third kappa shape index (κ3) is 2.25. The summed E-state index contributed by atoms with van der Waals surface area (Å²) in [6, 6.07) is 6.11. The summed E-state index contributed by atoms with van der Waals surface area (Å²) in [5.41, 5.74) is 0.585. The number of carboxylic acid groups (broad SMARTS) is 1. The number of hydrogen-bond donors (Lipinski definition) is 1. The summed E-state index contributed by atoms with van der Waals surface area (Å²) >= 11 is 0. The summed E-state index contributed by atoms with van der Waals surface area (Å²) in [6.07, 6.45) is 0. The number of rotatable bonds is 2. The van der Waals surface area contributed by atoms with E-state index in [4.69, 9.17) is 14.3 Å². The molecule has 1 aromatic carbocycles. The fourth-order valence-electron chi connectivity index (χ4n) is 2.27. The Bertz CT molecular complexity index is 715. The molecule has 1 fully saturated rings. The van der Waals surface area contributed by atoms with Crippen molar-refractivity contribution < 1.29 is 19.1 Å². The topological polar surface area (TPSA) is 80.0 Å². The Morgan fingerprint density at radius 1 is 1.20 bits per heavy atom. The highest BCUT2D eigenvalue weighted by molar-refractivity contribution is 5.93. The van der Waals surface area contributed by atoms with Gasteiger partial charge in [0.1, 0.15) is 11.3 Å². The number of carboxylic acids is 1. The van der Waals surface area contributed by atoms with E-state index < -0.39 is 11.6 Å². The monoisotopic (exact) mass is 275 g/mol.